The molecule has 0 atom stereocenters. The van der Waals surface area contributed by atoms with Crippen molar-refractivity contribution < 1.29 is 17.9 Å². The van der Waals surface area contributed by atoms with Crippen LogP contribution in [-0.4, -0.2) is 32.3 Å². The van der Waals surface area contributed by atoms with Gasteiger partial charge >= 0.3 is 6.36 Å². The van der Waals surface area contributed by atoms with Gasteiger partial charge in [0.25, 0.3) is 0 Å². The first kappa shape index (κ1) is 15.4. The zero-order chi connectivity index (χ0) is 15.5. The first-order valence-electron chi connectivity index (χ1n) is 5.77. The fourth-order valence-corrected chi connectivity index (χ4v) is 2.14. The van der Waals surface area contributed by atoms with Gasteiger partial charge in [-0.25, -0.2) is 0 Å². The number of tetrazole rings is 1. The molecule has 0 bridgehead atoms. The maximum Gasteiger partial charge on any atom is 0.573 e. The highest BCUT2D eigenvalue weighted by Gasteiger charge is 2.31. The van der Waals surface area contributed by atoms with Crippen molar-refractivity contribution in [1.82, 2.24) is 20.2 Å². The summed E-state index contributed by atoms with van der Waals surface area (Å²) in [7, 11) is 0. The lowest BCUT2D eigenvalue weighted by molar-refractivity contribution is -0.274. The summed E-state index contributed by atoms with van der Waals surface area (Å²) in [5, 5.41) is 11.8. The second-order valence-corrected chi connectivity index (χ2v) is 5.10. The molecule has 0 aliphatic rings. The van der Waals surface area contributed by atoms with Crippen molar-refractivity contribution in [2.45, 2.75) is 18.4 Å². The van der Waals surface area contributed by atoms with E-state index < -0.39 is 6.36 Å². The largest absolute Gasteiger partial charge is 0.573 e. The summed E-state index contributed by atoms with van der Waals surface area (Å²) in [5.41, 5.74) is 1.50. The predicted octanol–water partition coefficient (Wildman–Crippen LogP) is 3.23. The molecule has 1 aromatic heterocycles. The maximum atomic E-state index is 12.1. The van der Waals surface area contributed by atoms with Crippen LogP contribution in [0.3, 0.4) is 0 Å². The maximum absolute atomic E-state index is 12.1. The molecule has 0 spiro atoms. The Morgan fingerprint density at radius 3 is 2.57 bits per heavy atom. The summed E-state index contributed by atoms with van der Waals surface area (Å²) in [5.74, 6) is 0.353. The summed E-state index contributed by atoms with van der Waals surface area (Å²) in [6, 6.07) is 5.31. The van der Waals surface area contributed by atoms with Crippen molar-refractivity contribution in [3.8, 4) is 11.4 Å². The number of aromatic nitrogens is 4. The van der Waals surface area contributed by atoms with Crippen LogP contribution >= 0.6 is 11.8 Å². The monoisotopic (exact) mass is 316 g/mol. The number of benzene rings is 1. The molecule has 0 radical (unpaired) electrons. The van der Waals surface area contributed by atoms with E-state index in [1.165, 1.54) is 40.7 Å². The Hall–Kier alpha value is -2.03. The summed E-state index contributed by atoms with van der Waals surface area (Å²) in [6.45, 7) is 5.66. The van der Waals surface area contributed by atoms with Crippen molar-refractivity contribution in [3.05, 3.63) is 36.4 Å². The summed E-state index contributed by atoms with van der Waals surface area (Å²) >= 11 is 1.39. The Morgan fingerprint density at radius 1 is 1.33 bits per heavy atom. The van der Waals surface area contributed by atoms with Gasteiger partial charge in [0.05, 0.1) is 5.69 Å². The van der Waals surface area contributed by atoms with Crippen LogP contribution in [-0.2, 0) is 0 Å². The second kappa shape index (κ2) is 6.17. The van der Waals surface area contributed by atoms with Crippen molar-refractivity contribution >= 4 is 11.8 Å². The predicted molar refractivity (Wildman–Crippen MR) is 71.4 cm³/mol. The molecule has 1 heterocycles. The Kier molecular flexibility index (Phi) is 4.51. The Balaban J connectivity index is 2.16. The lowest BCUT2D eigenvalue weighted by atomic mass is 10.3. The molecule has 21 heavy (non-hydrogen) atoms. The highest BCUT2D eigenvalue weighted by Crippen LogP contribution is 2.25. The van der Waals surface area contributed by atoms with E-state index in [0.717, 1.165) is 5.57 Å². The molecule has 2 aromatic rings. The van der Waals surface area contributed by atoms with Crippen LogP contribution in [0.1, 0.15) is 6.92 Å². The number of hydrogen-bond acceptors (Lipinski definition) is 5. The van der Waals surface area contributed by atoms with Crippen LogP contribution in [0, 0.1) is 0 Å². The lowest BCUT2D eigenvalue weighted by Crippen LogP contribution is -2.17. The SMILES string of the molecule is C=C(C)CSc1nnnn1-c1ccc(OC(F)(F)F)cc1. The molecule has 9 heteroatoms. The van der Waals surface area contributed by atoms with Crippen molar-refractivity contribution in [2.75, 3.05) is 5.75 Å². The van der Waals surface area contributed by atoms with Gasteiger partial charge in [0.15, 0.2) is 0 Å². The van der Waals surface area contributed by atoms with Crippen LogP contribution in [0.25, 0.3) is 5.69 Å². The molecule has 0 fully saturated rings. The third-order valence-electron chi connectivity index (χ3n) is 2.20. The van der Waals surface area contributed by atoms with Crippen LogP contribution in [0.4, 0.5) is 13.2 Å². The number of thioether (sulfide) groups is 1. The smallest absolute Gasteiger partial charge is 0.406 e. The lowest BCUT2D eigenvalue weighted by Gasteiger charge is -2.09. The molecule has 0 aliphatic carbocycles. The van der Waals surface area contributed by atoms with E-state index in [-0.39, 0.29) is 5.75 Å². The van der Waals surface area contributed by atoms with Gasteiger partial charge in [-0.15, -0.1) is 18.3 Å². The molecule has 1 aromatic carbocycles. The number of hydrogen-bond donors (Lipinski definition) is 0. The quantitative estimate of drug-likeness (QED) is 0.626. The van der Waals surface area contributed by atoms with Crippen LogP contribution in [0.2, 0.25) is 0 Å². The molecule has 0 saturated heterocycles. The Morgan fingerprint density at radius 2 is 2.00 bits per heavy atom. The summed E-state index contributed by atoms with van der Waals surface area (Å²) in [4.78, 5) is 0. The van der Waals surface area contributed by atoms with Gasteiger partial charge in [0, 0.05) is 5.75 Å². The van der Waals surface area contributed by atoms with Gasteiger partial charge in [0.1, 0.15) is 5.75 Å². The van der Waals surface area contributed by atoms with E-state index in [9.17, 15) is 13.2 Å². The van der Waals surface area contributed by atoms with E-state index in [4.69, 9.17) is 0 Å². The topological polar surface area (TPSA) is 52.8 Å². The first-order valence-corrected chi connectivity index (χ1v) is 6.75. The number of halogens is 3. The molecular weight excluding hydrogens is 305 g/mol. The molecule has 0 saturated carbocycles. The van der Waals surface area contributed by atoms with Crippen molar-refractivity contribution in [3.63, 3.8) is 0 Å². The molecule has 0 unspecified atom stereocenters. The first-order chi connectivity index (χ1) is 9.85. The van der Waals surface area contributed by atoms with Crippen LogP contribution < -0.4 is 4.74 Å². The molecule has 112 valence electrons. The highest BCUT2D eigenvalue weighted by molar-refractivity contribution is 7.99. The van der Waals surface area contributed by atoms with Crippen molar-refractivity contribution in [2.24, 2.45) is 0 Å². The standard InChI is InChI=1S/C12H11F3N4OS/c1-8(2)7-21-11-16-17-18-19(11)9-3-5-10(6-4-9)20-12(13,14)15/h3-6H,1,7H2,2H3. The van der Waals surface area contributed by atoms with Gasteiger partial charge in [-0.2, -0.15) is 4.68 Å². The molecule has 5 nitrogen and oxygen atoms in total. The van der Waals surface area contributed by atoms with Gasteiger partial charge in [-0.3, -0.25) is 0 Å². The minimum atomic E-state index is -4.71. The van der Waals surface area contributed by atoms with Gasteiger partial charge in [-0.05, 0) is 41.6 Å². The number of alkyl halides is 3. The van der Waals surface area contributed by atoms with E-state index in [2.05, 4.69) is 26.8 Å². The minimum Gasteiger partial charge on any atom is -0.406 e. The molecule has 0 amide bonds. The average molecular weight is 316 g/mol. The fraction of sp³-hybridized carbons (Fsp3) is 0.250. The zero-order valence-corrected chi connectivity index (χ0v) is 11.8. The molecular formula is C12H11F3N4OS. The normalized spacial score (nSPS) is 11.4. The Bertz CT molecular complexity index is 624. The Labute approximate surface area is 122 Å². The van der Waals surface area contributed by atoms with E-state index in [1.54, 1.807) is 0 Å². The van der Waals surface area contributed by atoms with Gasteiger partial charge in [-0.1, -0.05) is 23.9 Å². The van der Waals surface area contributed by atoms with Crippen molar-refractivity contribution in [1.29, 1.82) is 0 Å². The van der Waals surface area contributed by atoms with E-state index >= 15 is 0 Å². The number of ether oxygens (including phenoxy) is 1. The second-order valence-electron chi connectivity index (χ2n) is 4.16. The van der Waals surface area contributed by atoms with Crippen LogP contribution in [0.15, 0.2) is 41.6 Å². The zero-order valence-electron chi connectivity index (χ0n) is 11.0. The fourth-order valence-electron chi connectivity index (χ4n) is 1.41. The van der Waals surface area contributed by atoms with Gasteiger partial charge < -0.3 is 4.74 Å². The summed E-state index contributed by atoms with van der Waals surface area (Å²) < 4.78 is 41.5. The van der Waals surface area contributed by atoms with E-state index in [0.29, 0.717) is 16.6 Å². The van der Waals surface area contributed by atoms with E-state index in [1.807, 2.05) is 6.92 Å². The molecule has 2 rings (SSSR count). The molecule has 0 aliphatic heterocycles. The average Bonchev–Trinajstić information content (AvgIpc) is 2.83. The third-order valence-corrected chi connectivity index (χ3v) is 3.35. The minimum absolute atomic E-state index is 0.296. The number of nitrogens with zero attached hydrogens (tertiary/aromatic N) is 4. The summed E-state index contributed by atoms with van der Waals surface area (Å²) in [6.07, 6.45) is -4.71. The van der Waals surface area contributed by atoms with Crippen LogP contribution in [0.5, 0.6) is 5.75 Å². The number of rotatable bonds is 5. The third kappa shape index (κ3) is 4.48. The molecule has 0 N–H and O–H groups in total. The highest BCUT2D eigenvalue weighted by atomic mass is 32.2. The van der Waals surface area contributed by atoms with Gasteiger partial charge in [0.2, 0.25) is 5.16 Å².